The van der Waals surface area contributed by atoms with Gasteiger partial charge in [0, 0.05) is 12.1 Å². The van der Waals surface area contributed by atoms with Crippen LogP contribution in [0.5, 0.6) is 0 Å². The Morgan fingerprint density at radius 3 is 2.48 bits per heavy atom. The van der Waals surface area contributed by atoms with Crippen LogP contribution in [0.1, 0.15) is 5.56 Å². The Balaban J connectivity index is 2.31. The number of sulfonamides is 1. The Morgan fingerprint density at radius 1 is 1.26 bits per heavy atom. The summed E-state index contributed by atoms with van der Waals surface area (Å²) in [6.45, 7) is 0.616. The summed E-state index contributed by atoms with van der Waals surface area (Å²) in [5, 5.41) is 13.3. The van der Waals surface area contributed by atoms with E-state index in [1.807, 2.05) is 0 Å². The molecular weight excluding hydrogens is 384 g/mol. The first-order valence-electron chi connectivity index (χ1n) is 7.47. The molecule has 1 amide bonds. The molecule has 2 aromatic rings. The Morgan fingerprint density at radius 2 is 1.93 bits per heavy atom. The largest absolute Gasteiger partial charge is 0.324 e. The molecule has 11 heteroatoms. The molecule has 0 aliphatic rings. The molecule has 2 aromatic carbocycles. The molecule has 0 radical (unpaired) electrons. The van der Waals surface area contributed by atoms with E-state index >= 15 is 0 Å². The van der Waals surface area contributed by atoms with Crippen LogP contribution < -0.4 is 9.62 Å². The second-order valence-corrected chi connectivity index (χ2v) is 7.53. The number of amides is 1. The molecule has 0 fully saturated rings. The van der Waals surface area contributed by atoms with Crippen LogP contribution in [0.2, 0.25) is 0 Å². The van der Waals surface area contributed by atoms with Gasteiger partial charge >= 0.3 is 0 Å². The van der Waals surface area contributed by atoms with Gasteiger partial charge in [-0.2, -0.15) is 0 Å². The smallest absolute Gasteiger partial charge is 0.274 e. The third-order valence-corrected chi connectivity index (χ3v) is 4.77. The summed E-state index contributed by atoms with van der Waals surface area (Å²) in [4.78, 5) is 22.6. The minimum absolute atomic E-state index is 0.113. The molecule has 0 heterocycles. The van der Waals surface area contributed by atoms with Crippen LogP contribution in [0, 0.1) is 28.7 Å². The standard InChI is InChI=1S/C16H15F2N3O5S/c1-10-13(4-3-5-14(10)21(23)24)19-16(22)9-20(27(2,25)26)15-7-6-11(17)8-12(15)18/h3-8H,9H2,1-2H3,(H,19,22). The van der Waals surface area contributed by atoms with E-state index in [2.05, 4.69) is 5.32 Å². The Kier molecular flexibility index (Phi) is 5.74. The quantitative estimate of drug-likeness (QED) is 0.593. The lowest BCUT2D eigenvalue weighted by atomic mass is 10.1. The summed E-state index contributed by atoms with van der Waals surface area (Å²) in [5.74, 6) is -2.91. The van der Waals surface area contributed by atoms with Crippen molar-refractivity contribution in [2.45, 2.75) is 6.92 Å². The molecule has 0 aromatic heterocycles. The maximum absolute atomic E-state index is 14.0. The second-order valence-electron chi connectivity index (χ2n) is 5.62. The third-order valence-electron chi connectivity index (χ3n) is 3.64. The SMILES string of the molecule is Cc1c(NC(=O)CN(c2ccc(F)cc2F)S(C)(=O)=O)cccc1[N+](=O)[O-]. The lowest BCUT2D eigenvalue weighted by Gasteiger charge is -2.22. The number of carbonyl (C=O) groups is 1. The van der Waals surface area contributed by atoms with Gasteiger partial charge in [-0.1, -0.05) is 6.07 Å². The Hall–Kier alpha value is -3.08. The van der Waals surface area contributed by atoms with Gasteiger partial charge in [-0.25, -0.2) is 17.2 Å². The van der Waals surface area contributed by atoms with Gasteiger partial charge in [-0.05, 0) is 25.1 Å². The molecule has 0 spiro atoms. The van der Waals surface area contributed by atoms with Gasteiger partial charge in [-0.15, -0.1) is 0 Å². The van der Waals surface area contributed by atoms with E-state index in [0.717, 1.165) is 18.4 Å². The van der Waals surface area contributed by atoms with Crippen LogP contribution in [0.25, 0.3) is 0 Å². The van der Waals surface area contributed by atoms with Gasteiger partial charge in [0.25, 0.3) is 5.69 Å². The van der Waals surface area contributed by atoms with Crippen molar-refractivity contribution in [1.82, 2.24) is 0 Å². The number of hydrogen-bond acceptors (Lipinski definition) is 5. The minimum atomic E-state index is -4.07. The molecular formula is C16H15F2N3O5S. The van der Waals surface area contributed by atoms with Crippen molar-refractivity contribution in [3.8, 4) is 0 Å². The Labute approximate surface area is 153 Å². The molecule has 0 saturated heterocycles. The summed E-state index contributed by atoms with van der Waals surface area (Å²) in [7, 11) is -4.07. The third kappa shape index (κ3) is 4.76. The summed E-state index contributed by atoms with van der Waals surface area (Å²) < 4.78 is 51.4. The van der Waals surface area contributed by atoms with E-state index in [0.29, 0.717) is 10.4 Å². The molecule has 0 unspecified atom stereocenters. The van der Waals surface area contributed by atoms with Gasteiger partial charge < -0.3 is 5.32 Å². The number of carbonyl (C=O) groups excluding carboxylic acids is 1. The fourth-order valence-electron chi connectivity index (χ4n) is 2.34. The van der Waals surface area contributed by atoms with Crippen molar-refractivity contribution in [2.24, 2.45) is 0 Å². The molecule has 27 heavy (non-hydrogen) atoms. The van der Waals surface area contributed by atoms with Crippen molar-refractivity contribution >= 4 is 33.0 Å². The van der Waals surface area contributed by atoms with Crippen molar-refractivity contribution in [3.05, 3.63) is 63.7 Å². The number of nitrogens with zero attached hydrogens (tertiary/aromatic N) is 2. The lowest BCUT2D eigenvalue weighted by Crippen LogP contribution is -2.38. The fraction of sp³-hybridized carbons (Fsp3) is 0.188. The van der Waals surface area contributed by atoms with E-state index in [1.54, 1.807) is 0 Å². The first kappa shape index (κ1) is 20.2. The van der Waals surface area contributed by atoms with Crippen LogP contribution in [-0.4, -0.2) is 32.0 Å². The van der Waals surface area contributed by atoms with Gasteiger partial charge in [0.15, 0.2) is 0 Å². The highest BCUT2D eigenvalue weighted by Crippen LogP contribution is 2.26. The van der Waals surface area contributed by atoms with Gasteiger partial charge in [0.2, 0.25) is 15.9 Å². The van der Waals surface area contributed by atoms with Crippen molar-refractivity contribution in [2.75, 3.05) is 22.4 Å². The molecule has 0 atom stereocenters. The number of nitro benzene ring substituents is 1. The van der Waals surface area contributed by atoms with Gasteiger partial charge in [-0.3, -0.25) is 19.2 Å². The van der Waals surface area contributed by atoms with Crippen LogP contribution in [0.3, 0.4) is 0 Å². The average Bonchev–Trinajstić information content (AvgIpc) is 2.54. The first-order chi connectivity index (χ1) is 12.5. The van der Waals surface area contributed by atoms with Crippen LogP contribution >= 0.6 is 0 Å². The molecule has 0 saturated carbocycles. The van der Waals surface area contributed by atoms with E-state index in [4.69, 9.17) is 0 Å². The highest BCUT2D eigenvalue weighted by Gasteiger charge is 2.25. The number of nitrogens with one attached hydrogen (secondary N) is 1. The fourth-order valence-corrected chi connectivity index (χ4v) is 3.20. The van der Waals surface area contributed by atoms with E-state index in [1.165, 1.54) is 25.1 Å². The average molecular weight is 399 g/mol. The maximum Gasteiger partial charge on any atom is 0.274 e. The second kappa shape index (κ2) is 7.66. The van der Waals surface area contributed by atoms with Crippen LogP contribution in [0.15, 0.2) is 36.4 Å². The summed E-state index contributed by atoms with van der Waals surface area (Å²) in [5.41, 5.74) is -0.431. The molecule has 1 N–H and O–H groups in total. The zero-order chi connectivity index (χ0) is 20.4. The van der Waals surface area contributed by atoms with Crippen LogP contribution in [-0.2, 0) is 14.8 Å². The first-order valence-corrected chi connectivity index (χ1v) is 9.32. The topological polar surface area (TPSA) is 110 Å². The zero-order valence-electron chi connectivity index (χ0n) is 14.3. The van der Waals surface area contributed by atoms with Gasteiger partial charge in [0.1, 0.15) is 18.2 Å². The molecule has 0 aliphatic carbocycles. The predicted molar refractivity (Wildman–Crippen MR) is 95.0 cm³/mol. The summed E-state index contributed by atoms with van der Waals surface area (Å²) in [6, 6.07) is 6.27. The highest BCUT2D eigenvalue weighted by molar-refractivity contribution is 7.92. The zero-order valence-corrected chi connectivity index (χ0v) is 15.1. The summed E-state index contributed by atoms with van der Waals surface area (Å²) in [6.07, 6.45) is 0.766. The number of hydrogen-bond donors (Lipinski definition) is 1. The molecule has 0 aliphatic heterocycles. The van der Waals surface area contributed by atoms with Gasteiger partial charge in [0.05, 0.1) is 28.1 Å². The van der Waals surface area contributed by atoms with Crippen LogP contribution in [0.4, 0.5) is 25.8 Å². The monoisotopic (exact) mass is 399 g/mol. The van der Waals surface area contributed by atoms with E-state index in [9.17, 15) is 32.1 Å². The van der Waals surface area contributed by atoms with Crippen molar-refractivity contribution in [1.29, 1.82) is 0 Å². The van der Waals surface area contributed by atoms with E-state index < -0.39 is 44.7 Å². The normalized spacial score (nSPS) is 11.1. The molecule has 2 rings (SSSR count). The number of nitro groups is 1. The maximum atomic E-state index is 14.0. The number of halogens is 2. The lowest BCUT2D eigenvalue weighted by molar-refractivity contribution is -0.385. The number of benzene rings is 2. The highest BCUT2D eigenvalue weighted by atomic mass is 32.2. The number of anilines is 2. The number of rotatable bonds is 6. The predicted octanol–water partition coefficient (Wildman–Crippen LogP) is 2.59. The summed E-state index contributed by atoms with van der Waals surface area (Å²) >= 11 is 0. The molecule has 0 bridgehead atoms. The Bertz CT molecular complexity index is 1010. The van der Waals surface area contributed by atoms with E-state index in [-0.39, 0.29) is 16.9 Å². The molecule has 8 nitrogen and oxygen atoms in total. The molecule has 144 valence electrons. The minimum Gasteiger partial charge on any atom is -0.324 e. The van der Waals surface area contributed by atoms with Crippen molar-refractivity contribution < 1.29 is 26.9 Å². The van der Waals surface area contributed by atoms with Crippen molar-refractivity contribution in [3.63, 3.8) is 0 Å².